The van der Waals surface area contributed by atoms with E-state index in [1.165, 1.54) is 0 Å². The van der Waals surface area contributed by atoms with Crippen LogP contribution in [0.15, 0.2) is 97.1 Å². The van der Waals surface area contributed by atoms with Gasteiger partial charge in [-0.1, -0.05) is 72.8 Å². The van der Waals surface area contributed by atoms with Crippen molar-refractivity contribution in [2.75, 3.05) is 67.5 Å². The second-order valence-electron chi connectivity index (χ2n) is 15.4. The molecule has 56 heavy (non-hydrogen) atoms. The Morgan fingerprint density at radius 1 is 0.429 bits per heavy atom. The molecule has 14 heteroatoms. The maximum atomic E-state index is 14.0. The smallest absolute Gasteiger partial charge is 0.513 e. The molecule has 4 rings (SSSR count). The fourth-order valence-electron chi connectivity index (χ4n) is 5.96. The minimum atomic E-state index is -3.71. The molecule has 0 fully saturated rings. The van der Waals surface area contributed by atoms with Gasteiger partial charge in [0, 0.05) is 0 Å². The van der Waals surface area contributed by atoms with Crippen LogP contribution in [-0.4, -0.2) is 76.4 Å². The Morgan fingerprint density at radius 2 is 0.679 bits per heavy atom. The molecule has 0 aliphatic carbocycles. The fourth-order valence-corrected chi connectivity index (χ4v) is 8.89. The molecule has 0 atom stereocenters. The van der Waals surface area contributed by atoms with Crippen molar-refractivity contribution in [1.29, 1.82) is 0 Å². The highest BCUT2D eigenvalue weighted by molar-refractivity contribution is 7.52. The molecule has 2 N–H and O–H groups in total. The lowest BCUT2D eigenvalue weighted by molar-refractivity contribution is -0.890. The van der Waals surface area contributed by atoms with E-state index in [1.54, 1.807) is 0 Å². The number of benzene rings is 4. The monoisotopic (exact) mass is 938 g/mol. The predicted octanol–water partition coefficient (Wildman–Crippen LogP) is 3.65. The molecular formula is C42H62Br2N4O6P2. The number of unbranched alkanes of at least 4 members (excludes halogenated alkanes) is 3. The zero-order chi connectivity index (χ0) is 39.2. The van der Waals surface area contributed by atoms with Gasteiger partial charge in [0.1, 0.15) is 23.0 Å². The largest absolute Gasteiger partial charge is 1.00 e. The third-order valence-corrected chi connectivity index (χ3v) is 12.5. The molecule has 10 nitrogen and oxygen atoms in total. The normalized spacial score (nSPS) is 11.9. The molecule has 4 aromatic carbocycles. The number of hydrogen-bond acceptors (Lipinski definition) is 6. The van der Waals surface area contributed by atoms with Crippen LogP contribution >= 0.6 is 15.5 Å². The lowest BCUT2D eigenvalue weighted by Gasteiger charge is -2.31. The minimum absolute atomic E-state index is 0. The summed E-state index contributed by atoms with van der Waals surface area (Å²) in [7, 11) is 1.39. The van der Waals surface area contributed by atoms with Gasteiger partial charge < -0.3 is 61.0 Å². The molecule has 0 aromatic heterocycles. The zero-order valence-corrected chi connectivity index (χ0v) is 39.3. The van der Waals surface area contributed by atoms with Gasteiger partial charge in [0.2, 0.25) is 0 Å². The number of hydrogen-bond donors (Lipinski definition) is 2. The first-order valence-corrected chi connectivity index (χ1v) is 22.0. The predicted molar refractivity (Wildman–Crippen MR) is 221 cm³/mol. The van der Waals surface area contributed by atoms with Gasteiger partial charge in [-0.15, -0.1) is 0 Å². The topological polar surface area (TPSA) is 95.1 Å². The average Bonchev–Trinajstić information content (AvgIpc) is 3.10. The second-order valence-corrected chi connectivity index (χ2v) is 18.8. The van der Waals surface area contributed by atoms with Crippen LogP contribution in [0.25, 0.3) is 0 Å². The first-order valence-electron chi connectivity index (χ1n) is 18.9. The maximum absolute atomic E-state index is 14.0. The summed E-state index contributed by atoms with van der Waals surface area (Å²) in [6.45, 7) is 12.2. The van der Waals surface area contributed by atoms with E-state index in [0.29, 0.717) is 36.1 Å². The van der Waals surface area contributed by atoms with Crippen molar-refractivity contribution in [3.63, 3.8) is 0 Å². The molecule has 0 spiro atoms. The molecule has 0 heterocycles. The van der Waals surface area contributed by atoms with E-state index in [2.05, 4.69) is 38.4 Å². The highest BCUT2D eigenvalue weighted by Crippen LogP contribution is 2.47. The number of aryl methyl sites for hydroxylation is 4. The fraction of sp³-hybridized carbons (Fsp3) is 0.429. The Bertz CT molecular complexity index is 1660. The Balaban J connectivity index is 0.00000541. The van der Waals surface area contributed by atoms with Crippen LogP contribution < -0.4 is 62.2 Å². The van der Waals surface area contributed by atoms with Crippen molar-refractivity contribution < 1.29 is 70.2 Å². The Kier molecular flexibility index (Phi) is 20.4. The standard InChI is InChI=1S/C42H62N4O6P2.2BrH/c1-35-21-11-15-25-39(35)49-53(47,50-40-26-16-12-22-36(40)2)43-29-33-45(5,6)31-19-9-10-20-32-46(7,8)34-30-44-54(48,51-41-27-17-13-23-37(41)3)52-42-28-18-14-24-38(42)4;;/h11-18,21-28H,9-10,19-20,29-34H2,1-8H3,(H,43,47)(H,44,48);2*1H/q+2;;/p-2. The zero-order valence-electron chi connectivity index (χ0n) is 34.3. The average molecular weight is 941 g/mol. The van der Waals surface area contributed by atoms with Crippen molar-refractivity contribution in [3.8, 4) is 23.0 Å². The number of nitrogens with zero attached hydrogens (tertiary/aromatic N) is 2. The first kappa shape index (κ1) is 49.5. The van der Waals surface area contributed by atoms with Gasteiger partial charge in [-0.25, -0.2) is 9.13 Å². The summed E-state index contributed by atoms with van der Waals surface area (Å²) >= 11 is 0. The molecule has 310 valence electrons. The van der Waals surface area contributed by atoms with E-state index in [9.17, 15) is 9.13 Å². The van der Waals surface area contributed by atoms with Crippen molar-refractivity contribution >= 4 is 15.5 Å². The van der Waals surface area contributed by atoms with Crippen molar-refractivity contribution in [2.24, 2.45) is 0 Å². The van der Waals surface area contributed by atoms with Gasteiger partial charge in [-0.2, -0.15) is 10.2 Å². The summed E-state index contributed by atoms with van der Waals surface area (Å²) in [5.41, 5.74) is 3.56. The van der Waals surface area contributed by atoms with Gasteiger partial charge in [0.25, 0.3) is 0 Å². The van der Waals surface area contributed by atoms with Crippen molar-refractivity contribution in [1.82, 2.24) is 10.2 Å². The number of nitrogens with one attached hydrogen (secondary N) is 2. The van der Waals surface area contributed by atoms with Crippen LogP contribution in [-0.2, 0) is 9.13 Å². The highest BCUT2D eigenvalue weighted by Gasteiger charge is 2.32. The van der Waals surface area contributed by atoms with Crippen LogP contribution in [0.5, 0.6) is 23.0 Å². The summed E-state index contributed by atoms with van der Waals surface area (Å²) < 4.78 is 53.8. The van der Waals surface area contributed by atoms with Crippen molar-refractivity contribution in [3.05, 3.63) is 119 Å². The number of quaternary nitrogens is 2. The van der Waals surface area contributed by atoms with Gasteiger partial charge in [-0.05, 0) is 99.9 Å². The number of likely N-dealkylation sites (N-methyl/N-ethyl adjacent to an activating group) is 2. The van der Waals surface area contributed by atoms with Crippen LogP contribution in [0.3, 0.4) is 0 Å². The molecule has 0 radical (unpaired) electrons. The van der Waals surface area contributed by atoms with Crippen LogP contribution in [0.4, 0.5) is 0 Å². The minimum Gasteiger partial charge on any atom is -1.00 e. The molecule has 0 bridgehead atoms. The van der Waals surface area contributed by atoms with Crippen LogP contribution in [0.2, 0.25) is 0 Å². The second kappa shape index (κ2) is 23.1. The van der Waals surface area contributed by atoms with E-state index in [1.807, 2.05) is 125 Å². The lowest BCUT2D eigenvalue weighted by atomic mass is 10.1. The van der Waals surface area contributed by atoms with Gasteiger partial charge in [-0.3, -0.25) is 0 Å². The van der Waals surface area contributed by atoms with Crippen molar-refractivity contribution in [2.45, 2.75) is 53.4 Å². The van der Waals surface area contributed by atoms with Gasteiger partial charge in [0.05, 0.1) is 67.5 Å². The SMILES string of the molecule is Cc1ccccc1OP(=O)(NCC[N+](C)(C)CCCCCC[N+](C)(C)CCNP(=O)(Oc1ccccc1C)Oc1ccccc1C)Oc1ccccc1C.[Br-].[Br-]. The van der Waals surface area contributed by atoms with E-state index >= 15 is 0 Å². The van der Waals surface area contributed by atoms with Gasteiger partial charge >= 0.3 is 15.5 Å². The van der Waals surface area contributed by atoms with E-state index in [-0.39, 0.29) is 34.0 Å². The van der Waals surface area contributed by atoms with Crippen LogP contribution in [0, 0.1) is 27.7 Å². The lowest BCUT2D eigenvalue weighted by Crippen LogP contribution is -3.00. The number of para-hydroxylation sites is 4. The summed E-state index contributed by atoms with van der Waals surface area (Å²) in [5, 5.41) is 6.28. The quantitative estimate of drug-likeness (QED) is 0.0663. The highest BCUT2D eigenvalue weighted by atomic mass is 79.9. The van der Waals surface area contributed by atoms with E-state index < -0.39 is 15.5 Å². The van der Waals surface area contributed by atoms with Gasteiger partial charge in [0.15, 0.2) is 0 Å². The van der Waals surface area contributed by atoms with E-state index in [0.717, 1.165) is 83.1 Å². The molecule has 0 saturated heterocycles. The third kappa shape index (κ3) is 16.7. The molecule has 0 amide bonds. The molecule has 0 aliphatic heterocycles. The summed E-state index contributed by atoms with van der Waals surface area (Å²) in [5.74, 6) is 2.14. The Hall–Kier alpha value is -2.66. The molecule has 4 aromatic rings. The molecule has 0 saturated carbocycles. The Morgan fingerprint density at radius 3 is 0.929 bits per heavy atom. The molecular weight excluding hydrogens is 878 g/mol. The number of rotatable bonds is 23. The van der Waals surface area contributed by atoms with Crippen LogP contribution in [0.1, 0.15) is 47.9 Å². The summed E-state index contributed by atoms with van der Waals surface area (Å²) in [6.07, 6.45) is 4.44. The first-order chi connectivity index (χ1) is 25.6. The summed E-state index contributed by atoms with van der Waals surface area (Å²) in [6, 6.07) is 30.1. The number of halogens is 2. The molecule has 0 unspecified atom stereocenters. The molecule has 0 aliphatic rings. The third-order valence-electron chi connectivity index (χ3n) is 9.57. The maximum Gasteiger partial charge on any atom is 0.513 e. The Labute approximate surface area is 357 Å². The van der Waals surface area contributed by atoms with E-state index in [4.69, 9.17) is 18.1 Å². The summed E-state index contributed by atoms with van der Waals surface area (Å²) in [4.78, 5) is 0.